The molecule has 0 radical (unpaired) electrons. The third-order valence-electron chi connectivity index (χ3n) is 6.40. The van der Waals surface area contributed by atoms with Crippen molar-refractivity contribution in [3.05, 3.63) is 58.7 Å². The molecule has 2 aliphatic rings. The Morgan fingerprint density at radius 1 is 0.939 bits per heavy atom. The second-order valence-electron chi connectivity index (χ2n) is 8.86. The van der Waals surface area contributed by atoms with Gasteiger partial charge in [-0.05, 0) is 39.0 Å². The molecule has 5 rings (SSSR count). The van der Waals surface area contributed by atoms with Crippen molar-refractivity contribution in [1.29, 1.82) is 0 Å². The zero-order chi connectivity index (χ0) is 22.9. The molecule has 0 saturated carbocycles. The predicted octanol–water partition coefficient (Wildman–Crippen LogP) is 3.16. The van der Waals surface area contributed by atoms with Gasteiger partial charge < -0.3 is 18.6 Å². The quantitative estimate of drug-likeness (QED) is 0.534. The molecule has 0 bridgehead atoms. The minimum Gasteiger partial charge on any atom is -0.486 e. The van der Waals surface area contributed by atoms with Gasteiger partial charge in [0.25, 0.3) is 0 Å². The zero-order valence-corrected chi connectivity index (χ0v) is 19.5. The number of rotatable bonds is 6. The van der Waals surface area contributed by atoms with Gasteiger partial charge in [-0.1, -0.05) is 5.16 Å². The third kappa shape index (κ3) is 4.54. The molecule has 1 fully saturated rings. The molecule has 1 aromatic carbocycles. The number of fused-ring (bicyclic) bond motifs is 1. The number of hydrogen-bond donors (Lipinski definition) is 0. The van der Waals surface area contributed by atoms with E-state index in [4.69, 9.17) is 14.0 Å². The SMILES string of the molecule is Cc1cc(CN2CCN(CC(=O)c3cc(C)n(-c4ccc5c(c4)OCCO5)c3C)CC2)on1. The summed E-state index contributed by atoms with van der Waals surface area (Å²) >= 11 is 0. The molecule has 8 heteroatoms. The first-order valence-corrected chi connectivity index (χ1v) is 11.5. The van der Waals surface area contributed by atoms with Gasteiger partial charge >= 0.3 is 0 Å². The summed E-state index contributed by atoms with van der Waals surface area (Å²) in [5.41, 5.74) is 4.64. The lowest BCUT2D eigenvalue weighted by molar-refractivity contribution is 0.0829. The first-order valence-electron chi connectivity index (χ1n) is 11.5. The minimum atomic E-state index is 0.159. The number of ketones is 1. The summed E-state index contributed by atoms with van der Waals surface area (Å²) in [6.45, 7) is 11.8. The van der Waals surface area contributed by atoms with Crippen molar-refractivity contribution in [3.8, 4) is 17.2 Å². The fourth-order valence-electron chi connectivity index (χ4n) is 4.72. The van der Waals surface area contributed by atoms with Crippen LogP contribution in [0.25, 0.3) is 5.69 Å². The molecule has 33 heavy (non-hydrogen) atoms. The third-order valence-corrected chi connectivity index (χ3v) is 6.40. The Kier molecular flexibility index (Phi) is 5.95. The van der Waals surface area contributed by atoms with Crippen LogP contribution in [0.2, 0.25) is 0 Å². The normalized spacial score (nSPS) is 16.8. The fourth-order valence-corrected chi connectivity index (χ4v) is 4.72. The Labute approximate surface area is 193 Å². The summed E-state index contributed by atoms with van der Waals surface area (Å²) in [5, 5.41) is 3.96. The molecule has 0 spiro atoms. The van der Waals surface area contributed by atoms with Crippen LogP contribution in [-0.4, -0.2) is 71.2 Å². The van der Waals surface area contributed by atoms with E-state index in [1.807, 2.05) is 51.1 Å². The summed E-state index contributed by atoms with van der Waals surface area (Å²) in [7, 11) is 0. The lowest BCUT2D eigenvalue weighted by atomic mass is 10.1. The molecular weight excluding hydrogens is 420 g/mol. The number of benzene rings is 1. The van der Waals surface area contributed by atoms with Gasteiger partial charge in [0.1, 0.15) is 13.2 Å². The van der Waals surface area contributed by atoms with Gasteiger partial charge in [-0.25, -0.2) is 0 Å². The Morgan fingerprint density at radius 3 is 2.39 bits per heavy atom. The summed E-state index contributed by atoms with van der Waals surface area (Å²) in [5.74, 6) is 2.56. The van der Waals surface area contributed by atoms with Gasteiger partial charge in [-0.2, -0.15) is 0 Å². The molecule has 2 aliphatic heterocycles. The minimum absolute atomic E-state index is 0.159. The fraction of sp³-hybridized carbons (Fsp3) is 0.440. The monoisotopic (exact) mass is 450 g/mol. The smallest absolute Gasteiger partial charge is 0.178 e. The standard InChI is InChI=1S/C25H30N4O4/c1-17-12-21(33-26-17)15-27-6-8-28(9-7-27)16-23(30)22-13-18(2)29(19(22)3)20-4-5-24-25(14-20)32-11-10-31-24/h4-5,12-14H,6-11,15-16H2,1-3H3. The van der Waals surface area contributed by atoms with Crippen LogP contribution in [0.4, 0.5) is 0 Å². The number of aromatic nitrogens is 2. The number of hydrogen-bond acceptors (Lipinski definition) is 7. The Balaban J connectivity index is 1.24. The summed E-state index contributed by atoms with van der Waals surface area (Å²) < 4.78 is 18.8. The largest absolute Gasteiger partial charge is 0.486 e. The van der Waals surface area contributed by atoms with Crippen LogP contribution in [0.15, 0.2) is 34.9 Å². The van der Waals surface area contributed by atoms with Crippen molar-refractivity contribution in [3.63, 3.8) is 0 Å². The topological polar surface area (TPSA) is 73.0 Å². The van der Waals surface area contributed by atoms with Gasteiger partial charge in [0.05, 0.1) is 18.8 Å². The molecule has 8 nitrogen and oxygen atoms in total. The molecule has 174 valence electrons. The molecule has 0 N–H and O–H groups in total. The number of piperazine rings is 1. The lowest BCUT2D eigenvalue weighted by Gasteiger charge is -2.33. The maximum Gasteiger partial charge on any atom is 0.178 e. The number of aryl methyl sites for hydroxylation is 2. The van der Waals surface area contributed by atoms with Crippen molar-refractivity contribution in [2.45, 2.75) is 27.3 Å². The van der Waals surface area contributed by atoms with Gasteiger partial charge in [0.2, 0.25) is 0 Å². The van der Waals surface area contributed by atoms with Gasteiger partial charge in [-0.3, -0.25) is 14.6 Å². The van der Waals surface area contributed by atoms with Crippen molar-refractivity contribution in [1.82, 2.24) is 19.5 Å². The van der Waals surface area contributed by atoms with E-state index in [-0.39, 0.29) is 5.78 Å². The van der Waals surface area contributed by atoms with E-state index in [0.717, 1.165) is 78.3 Å². The number of Topliss-reactive ketones (excluding diaryl/α,β-unsaturated/α-hetero) is 1. The summed E-state index contributed by atoms with van der Waals surface area (Å²) in [6.07, 6.45) is 0. The summed E-state index contributed by atoms with van der Waals surface area (Å²) in [6, 6.07) is 9.91. The average Bonchev–Trinajstić information content (AvgIpc) is 3.36. The predicted molar refractivity (Wildman–Crippen MR) is 124 cm³/mol. The maximum absolute atomic E-state index is 13.2. The van der Waals surface area contributed by atoms with Crippen LogP contribution < -0.4 is 9.47 Å². The van der Waals surface area contributed by atoms with E-state index in [0.29, 0.717) is 19.8 Å². The second-order valence-corrected chi connectivity index (χ2v) is 8.86. The van der Waals surface area contributed by atoms with Crippen LogP contribution in [-0.2, 0) is 6.54 Å². The number of nitrogens with zero attached hydrogens (tertiary/aromatic N) is 4. The van der Waals surface area contributed by atoms with E-state index in [2.05, 4.69) is 19.5 Å². The highest BCUT2D eigenvalue weighted by atomic mass is 16.6. The van der Waals surface area contributed by atoms with Crippen LogP contribution in [0.1, 0.15) is 33.2 Å². The van der Waals surface area contributed by atoms with Crippen LogP contribution in [0.5, 0.6) is 11.5 Å². The highest BCUT2D eigenvalue weighted by molar-refractivity contribution is 5.99. The van der Waals surface area contributed by atoms with Crippen LogP contribution in [0.3, 0.4) is 0 Å². The second kappa shape index (κ2) is 9.03. The van der Waals surface area contributed by atoms with E-state index < -0.39 is 0 Å². The molecule has 4 heterocycles. The van der Waals surface area contributed by atoms with Gasteiger partial charge in [0.15, 0.2) is 23.0 Å². The molecular formula is C25H30N4O4. The van der Waals surface area contributed by atoms with Crippen molar-refractivity contribution in [2.24, 2.45) is 0 Å². The van der Waals surface area contributed by atoms with E-state index >= 15 is 0 Å². The number of carbonyl (C=O) groups excluding carboxylic acids is 1. The molecule has 0 unspecified atom stereocenters. The average molecular weight is 451 g/mol. The summed E-state index contributed by atoms with van der Waals surface area (Å²) in [4.78, 5) is 17.8. The van der Waals surface area contributed by atoms with E-state index in [1.165, 1.54) is 0 Å². The van der Waals surface area contributed by atoms with Crippen LogP contribution in [0, 0.1) is 20.8 Å². The van der Waals surface area contributed by atoms with Gasteiger partial charge in [-0.15, -0.1) is 0 Å². The van der Waals surface area contributed by atoms with Gasteiger partial charge in [0, 0.05) is 61.0 Å². The van der Waals surface area contributed by atoms with E-state index in [1.54, 1.807) is 0 Å². The Morgan fingerprint density at radius 2 is 1.67 bits per heavy atom. The Bertz CT molecular complexity index is 1160. The van der Waals surface area contributed by atoms with Crippen LogP contribution >= 0.6 is 0 Å². The molecule has 0 amide bonds. The number of ether oxygens (including phenoxy) is 2. The van der Waals surface area contributed by atoms with Crippen molar-refractivity contribution < 1.29 is 18.8 Å². The molecule has 3 aromatic rings. The number of carbonyl (C=O) groups is 1. The molecule has 1 saturated heterocycles. The molecule has 0 atom stereocenters. The highest BCUT2D eigenvalue weighted by Gasteiger charge is 2.23. The highest BCUT2D eigenvalue weighted by Crippen LogP contribution is 2.33. The lowest BCUT2D eigenvalue weighted by Crippen LogP contribution is -2.47. The first-order chi connectivity index (χ1) is 16.0. The van der Waals surface area contributed by atoms with Crippen molar-refractivity contribution in [2.75, 3.05) is 45.9 Å². The zero-order valence-electron chi connectivity index (χ0n) is 19.5. The van der Waals surface area contributed by atoms with E-state index in [9.17, 15) is 4.79 Å². The Hall–Kier alpha value is -3.10. The molecule has 0 aliphatic carbocycles. The maximum atomic E-state index is 13.2. The first kappa shape index (κ1) is 21.7. The van der Waals surface area contributed by atoms with Crippen molar-refractivity contribution >= 4 is 5.78 Å². The molecule has 2 aromatic heterocycles.